The predicted octanol–water partition coefficient (Wildman–Crippen LogP) is 3.30. The molecule has 122 valence electrons. The minimum Gasteiger partial charge on any atom is -0.399 e. The van der Waals surface area contributed by atoms with Gasteiger partial charge < -0.3 is 10.6 Å². The third-order valence-electron chi connectivity index (χ3n) is 4.47. The fraction of sp³-hybridized carbons (Fsp3) is 0.300. The smallest absolute Gasteiger partial charge is 0.227 e. The first-order valence-corrected chi connectivity index (χ1v) is 8.24. The average molecular weight is 319 g/mol. The molecule has 0 fully saturated rings. The van der Waals surface area contributed by atoms with Gasteiger partial charge in [0.1, 0.15) is 0 Å². The van der Waals surface area contributed by atoms with E-state index in [4.69, 9.17) is 11.0 Å². The first-order chi connectivity index (χ1) is 11.6. The first-order valence-electron chi connectivity index (χ1n) is 8.24. The molecule has 2 N–H and O–H groups in total. The number of anilines is 2. The van der Waals surface area contributed by atoms with Gasteiger partial charge in [0, 0.05) is 24.3 Å². The van der Waals surface area contributed by atoms with Crippen molar-refractivity contribution in [3.63, 3.8) is 0 Å². The molecule has 2 aromatic carbocycles. The maximum Gasteiger partial charge on any atom is 0.227 e. The minimum atomic E-state index is 0.136. The van der Waals surface area contributed by atoms with Crippen LogP contribution in [0, 0.1) is 17.2 Å². The maximum absolute atomic E-state index is 12.7. The second-order valence-corrected chi connectivity index (χ2v) is 6.51. The zero-order valence-corrected chi connectivity index (χ0v) is 13.8. The van der Waals surface area contributed by atoms with Gasteiger partial charge in [0.2, 0.25) is 5.91 Å². The second-order valence-electron chi connectivity index (χ2n) is 6.51. The molecule has 1 amide bonds. The Labute approximate surface area is 142 Å². The van der Waals surface area contributed by atoms with E-state index in [1.54, 1.807) is 12.1 Å². The number of hydrogen-bond acceptors (Lipinski definition) is 3. The standard InChI is InChI=1S/C20H21N3O/c1-14-10-17-11-18(22)7-8-19(17)23(13-14)20(24)9-6-15-2-4-16(12-21)5-3-15/h2-5,7-8,11,14H,6,9-10,13,22H2,1H3. The number of amides is 1. The quantitative estimate of drug-likeness (QED) is 0.882. The van der Waals surface area contributed by atoms with Crippen LogP contribution in [-0.2, 0) is 17.6 Å². The van der Waals surface area contributed by atoms with Gasteiger partial charge >= 0.3 is 0 Å². The van der Waals surface area contributed by atoms with Crippen molar-refractivity contribution in [2.75, 3.05) is 17.2 Å². The summed E-state index contributed by atoms with van der Waals surface area (Å²) in [6, 6.07) is 15.3. The van der Waals surface area contributed by atoms with E-state index in [0.29, 0.717) is 24.3 Å². The fourth-order valence-electron chi connectivity index (χ4n) is 3.25. The number of rotatable bonds is 3. The van der Waals surface area contributed by atoms with E-state index in [1.807, 2.05) is 35.2 Å². The number of nitriles is 1. The van der Waals surface area contributed by atoms with Crippen molar-refractivity contribution in [3.8, 4) is 6.07 Å². The van der Waals surface area contributed by atoms with Crippen molar-refractivity contribution < 1.29 is 4.79 Å². The molecule has 0 aromatic heterocycles. The van der Waals surface area contributed by atoms with Crippen LogP contribution in [0.25, 0.3) is 0 Å². The summed E-state index contributed by atoms with van der Waals surface area (Å²) in [5, 5.41) is 8.83. The van der Waals surface area contributed by atoms with Crippen LogP contribution in [0.5, 0.6) is 0 Å². The van der Waals surface area contributed by atoms with E-state index in [-0.39, 0.29) is 5.91 Å². The van der Waals surface area contributed by atoms with Crippen molar-refractivity contribution in [2.24, 2.45) is 5.92 Å². The molecule has 1 aliphatic rings. The summed E-state index contributed by atoms with van der Waals surface area (Å²) in [7, 11) is 0. The third kappa shape index (κ3) is 3.41. The zero-order chi connectivity index (χ0) is 17.1. The molecule has 2 aromatic rings. The largest absolute Gasteiger partial charge is 0.399 e. The Morgan fingerprint density at radius 3 is 2.75 bits per heavy atom. The van der Waals surface area contributed by atoms with E-state index in [9.17, 15) is 4.79 Å². The van der Waals surface area contributed by atoms with Crippen LogP contribution in [0.1, 0.15) is 30.0 Å². The molecule has 3 rings (SSSR count). The number of nitrogens with two attached hydrogens (primary N) is 1. The SMILES string of the molecule is CC1Cc2cc(N)ccc2N(C(=O)CCc2ccc(C#N)cc2)C1. The summed E-state index contributed by atoms with van der Waals surface area (Å²) in [6.07, 6.45) is 2.10. The number of nitrogen functional groups attached to an aromatic ring is 1. The van der Waals surface area contributed by atoms with Crippen LogP contribution in [0.4, 0.5) is 11.4 Å². The van der Waals surface area contributed by atoms with Crippen molar-refractivity contribution in [2.45, 2.75) is 26.2 Å². The van der Waals surface area contributed by atoms with E-state index in [0.717, 1.165) is 35.5 Å². The molecule has 1 heterocycles. The van der Waals surface area contributed by atoms with Gasteiger partial charge in [-0.1, -0.05) is 19.1 Å². The molecule has 0 bridgehead atoms. The molecule has 0 saturated heterocycles. The number of carbonyl (C=O) groups excluding carboxylic acids is 1. The lowest BCUT2D eigenvalue weighted by molar-refractivity contribution is -0.118. The maximum atomic E-state index is 12.7. The first kappa shape index (κ1) is 16.1. The molecule has 0 radical (unpaired) electrons. The summed E-state index contributed by atoms with van der Waals surface area (Å²) >= 11 is 0. The number of carbonyl (C=O) groups is 1. The van der Waals surface area contributed by atoms with E-state index in [1.165, 1.54) is 0 Å². The molecule has 0 saturated carbocycles. The van der Waals surface area contributed by atoms with Gasteiger partial charge in [0.05, 0.1) is 11.6 Å². The topological polar surface area (TPSA) is 70.1 Å². The lowest BCUT2D eigenvalue weighted by Gasteiger charge is -2.33. The van der Waals surface area contributed by atoms with Crippen LogP contribution in [-0.4, -0.2) is 12.5 Å². The van der Waals surface area contributed by atoms with Crippen LogP contribution >= 0.6 is 0 Å². The van der Waals surface area contributed by atoms with Crippen LogP contribution in [0.2, 0.25) is 0 Å². The number of fused-ring (bicyclic) bond motifs is 1. The Bertz CT molecular complexity index is 790. The van der Waals surface area contributed by atoms with Crippen molar-refractivity contribution in [1.29, 1.82) is 5.26 Å². The molecule has 1 aliphatic heterocycles. The second kappa shape index (κ2) is 6.76. The van der Waals surface area contributed by atoms with Crippen LogP contribution in [0.15, 0.2) is 42.5 Å². The number of aryl methyl sites for hydroxylation is 1. The van der Waals surface area contributed by atoms with Gasteiger partial charge in [-0.05, 0) is 60.2 Å². The number of hydrogen-bond donors (Lipinski definition) is 1. The highest BCUT2D eigenvalue weighted by molar-refractivity contribution is 5.95. The summed E-state index contributed by atoms with van der Waals surface area (Å²) in [4.78, 5) is 14.6. The van der Waals surface area contributed by atoms with Crippen molar-refractivity contribution >= 4 is 17.3 Å². The molecule has 1 atom stereocenters. The lowest BCUT2D eigenvalue weighted by atomic mass is 9.93. The Morgan fingerprint density at radius 2 is 2.04 bits per heavy atom. The third-order valence-corrected chi connectivity index (χ3v) is 4.47. The van der Waals surface area contributed by atoms with Gasteiger partial charge in [-0.15, -0.1) is 0 Å². The molecular formula is C20H21N3O. The molecule has 0 aliphatic carbocycles. The van der Waals surface area contributed by atoms with Gasteiger partial charge in [-0.25, -0.2) is 0 Å². The van der Waals surface area contributed by atoms with Crippen LogP contribution in [0.3, 0.4) is 0 Å². The van der Waals surface area contributed by atoms with Crippen molar-refractivity contribution in [3.05, 3.63) is 59.2 Å². The van der Waals surface area contributed by atoms with Crippen molar-refractivity contribution in [1.82, 2.24) is 0 Å². The van der Waals surface area contributed by atoms with E-state index < -0.39 is 0 Å². The molecular weight excluding hydrogens is 298 g/mol. The van der Waals surface area contributed by atoms with Gasteiger partial charge in [0.25, 0.3) is 0 Å². The molecule has 4 nitrogen and oxygen atoms in total. The monoisotopic (exact) mass is 319 g/mol. The highest BCUT2D eigenvalue weighted by Gasteiger charge is 2.26. The number of nitrogens with zero attached hydrogens (tertiary/aromatic N) is 2. The Morgan fingerprint density at radius 1 is 1.29 bits per heavy atom. The van der Waals surface area contributed by atoms with E-state index >= 15 is 0 Å². The summed E-state index contributed by atoms with van der Waals surface area (Å²) in [6.45, 7) is 2.91. The van der Waals surface area contributed by atoms with Gasteiger partial charge in [-0.2, -0.15) is 5.26 Å². The highest BCUT2D eigenvalue weighted by atomic mass is 16.2. The average Bonchev–Trinajstić information content (AvgIpc) is 2.59. The molecule has 0 spiro atoms. The zero-order valence-electron chi connectivity index (χ0n) is 13.8. The predicted molar refractivity (Wildman–Crippen MR) is 95.6 cm³/mol. The summed E-state index contributed by atoms with van der Waals surface area (Å²) < 4.78 is 0. The molecule has 24 heavy (non-hydrogen) atoms. The summed E-state index contributed by atoms with van der Waals surface area (Å²) in [5.41, 5.74) is 10.5. The fourth-order valence-corrected chi connectivity index (χ4v) is 3.25. The highest BCUT2D eigenvalue weighted by Crippen LogP contribution is 2.31. The van der Waals surface area contributed by atoms with Crippen LogP contribution < -0.4 is 10.6 Å². The molecule has 4 heteroatoms. The lowest BCUT2D eigenvalue weighted by Crippen LogP contribution is -2.39. The minimum absolute atomic E-state index is 0.136. The summed E-state index contributed by atoms with van der Waals surface area (Å²) in [5.74, 6) is 0.565. The normalized spacial score (nSPS) is 16.3. The van der Waals surface area contributed by atoms with E-state index in [2.05, 4.69) is 13.0 Å². The molecule has 1 unspecified atom stereocenters. The Kier molecular flexibility index (Phi) is 4.52. The van der Waals surface area contributed by atoms with Gasteiger partial charge in [0.15, 0.2) is 0 Å². The Hall–Kier alpha value is -2.80. The van der Waals surface area contributed by atoms with Gasteiger partial charge in [-0.3, -0.25) is 4.79 Å². The number of benzene rings is 2. The Balaban J connectivity index is 1.72.